The Hall–Kier alpha value is -5.24. The molecule has 2 amide bonds. The Balaban J connectivity index is 1.55. The first-order chi connectivity index (χ1) is 32.2. The van der Waals surface area contributed by atoms with Crippen molar-refractivity contribution in [2.45, 2.75) is 116 Å². The van der Waals surface area contributed by atoms with E-state index < -0.39 is 63.8 Å². The largest absolute Gasteiger partial charge is 0.481 e. The van der Waals surface area contributed by atoms with Crippen molar-refractivity contribution in [3.63, 3.8) is 0 Å². The first kappa shape index (κ1) is 55.4. The number of ketones is 3. The normalized spacial score (nSPS) is 15.9. The number of rotatable bonds is 28. The zero-order valence-corrected chi connectivity index (χ0v) is 41.6. The molecule has 1 aliphatic heterocycles. The number of carbonyl (C=O) groups excluding carboxylic acids is 5. The van der Waals surface area contributed by atoms with Crippen LogP contribution in [0.1, 0.15) is 89.0 Å². The van der Waals surface area contributed by atoms with E-state index in [4.69, 9.17) is 20.1 Å². The molecule has 0 saturated carbocycles. The molecule has 5 atom stereocenters. The highest BCUT2D eigenvalue weighted by Crippen LogP contribution is 2.29. The van der Waals surface area contributed by atoms with Crippen molar-refractivity contribution in [3.8, 4) is 18.1 Å². The van der Waals surface area contributed by atoms with Crippen LogP contribution in [0.2, 0.25) is 0 Å². The van der Waals surface area contributed by atoms with Gasteiger partial charge in [0.05, 0.1) is 31.8 Å². The Bertz CT molecular complexity index is 2280. The Labute approximate surface area is 403 Å². The number of aliphatic hydroxyl groups is 1. The number of hydrogen-bond donors (Lipinski definition) is 3. The predicted molar refractivity (Wildman–Crippen MR) is 260 cm³/mol. The lowest BCUT2D eigenvalue weighted by molar-refractivity contribution is -0.143. The molecule has 68 heavy (non-hydrogen) atoms. The number of Topliss-reactive ketones (excluding diaryl/α,β-unsaturated/α-hetero) is 3. The molecule has 3 N–H and O–H groups in total. The lowest BCUT2D eigenvalue weighted by Crippen LogP contribution is -2.54. The van der Waals surface area contributed by atoms with Crippen LogP contribution in [0.25, 0.3) is 0 Å². The summed E-state index contributed by atoms with van der Waals surface area (Å²) >= 11 is 0. The molecule has 0 spiro atoms. The van der Waals surface area contributed by atoms with Gasteiger partial charge in [-0.05, 0) is 99.1 Å². The van der Waals surface area contributed by atoms with Gasteiger partial charge in [-0.25, -0.2) is 0 Å². The fourth-order valence-corrected chi connectivity index (χ4v) is 9.85. The zero-order chi connectivity index (χ0) is 50.0. The molecule has 0 radical (unpaired) electrons. The minimum absolute atomic E-state index is 0.000802. The SMILES string of the molecule is C#CCOc1cc(C)c(S(=O)(=O)OCC(C)(O)C(=O)[C@H](CC(C)C)NC(=O)[C@@H](CC(=O)[C@H](CC(C)C)NC(=O)[C@H](CCc2ccccc2)CC(=O)CN2CCOCC2)Cc2ccccc2)c(C)c1. The average molecular weight is 958 g/mol. The monoisotopic (exact) mass is 957 g/mol. The van der Waals surface area contributed by atoms with Crippen LogP contribution in [0.5, 0.6) is 5.75 Å². The van der Waals surface area contributed by atoms with Crippen molar-refractivity contribution in [2.24, 2.45) is 23.7 Å². The van der Waals surface area contributed by atoms with Gasteiger partial charge in [-0.2, -0.15) is 8.42 Å². The first-order valence-electron chi connectivity index (χ1n) is 23.6. The predicted octanol–water partition coefficient (Wildman–Crippen LogP) is 5.76. The molecule has 1 saturated heterocycles. The van der Waals surface area contributed by atoms with Crippen molar-refractivity contribution < 1.29 is 51.2 Å². The second-order valence-corrected chi connectivity index (χ2v) is 20.6. The van der Waals surface area contributed by atoms with Crippen LogP contribution < -0.4 is 15.4 Å². The van der Waals surface area contributed by atoms with Crippen molar-refractivity contribution in [3.05, 3.63) is 95.1 Å². The maximum absolute atomic E-state index is 14.5. The maximum atomic E-state index is 14.5. The maximum Gasteiger partial charge on any atom is 0.297 e. The highest BCUT2D eigenvalue weighted by molar-refractivity contribution is 7.86. The molecule has 4 rings (SSSR count). The van der Waals surface area contributed by atoms with E-state index in [-0.39, 0.29) is 73.6 Å². The van der Waals surface area contributed by atoms with Crippen LogP contribution in [0.15, 0.2) is 77.7 Å². The van der Waals surface area contributed by atoms with Gasteiger partial charge in [-0.1, -0.05) is 94.3 Å². The Morgan fingerprint density at radius 1 is 0.824 bits per heavy atom. The number of aryl methyl sites for hydroxylation is 3. The molecule has 370 valence electrons. The number of nitrogens with zero attached hydrogens (tertiary/aromatic N) is 1. The van der Waals surface area contributed by atoms with Crippen molar-refractivity contribution >= 4 is 39.3 Å². The highest BCUT2D eigenvalue weighted by Gasteiger charge is 2.41. The number of ether oxygens (including phenoxy) is 2. The summed E-state index contributed by atoms with van der Waals surface area (Å²) in [7, 11) is -4.50. The molecule has 0 bridgehead atoms. The molecule has 3 aromatic carbocycles. The van der Waals surface area contributed by atoms with E-state index in [1.165, 1.54) is 12.1 Å². The van der Waals surface area contributed by atoms with E-state index in [9.17, 15) is 37.5 Å². The standard InChI is InChI=1S/C53H71N3O11S/c1-9-24-66-45-29-38(6)49(39(7)30-45)68(63,64)67-35-53(8,62)50(59)47(28-37(4)5)55-52(61)43(31-41-18-14-11-15-19-41)33-48(58)46(27-36(2)3)54-51(60)42(21-20-40-16-12-10-13-17-40)32-44(57)34-56-22-25-65-26-23-56/h1,10-19,29-30,36-37,42-43,46-47,62H,20-28,31-35H2,2-8H3,(H,54,60)(H,55,61)/t42-,43-,46+,47+,53?/m1/s1. The third-order valence-electron chi connectivity index (χ3n) is 11.9. The summed E-state index contributed by atoms with van der Waals surface area (Å²) in [6.45, 7) is 13.3. The van der Waals surface area contributed by atoms with Gasteiger partial charge in [-0.15, -0.1) is 6.42 Å². The number of benzene rings is 3. The third-order valence-corrected chi connectivity index (χ3v) is 13.5. The summed E-state index contributed by atoms with van der Waals surface area (Å²) in [5.41, 5.74) is 0.000932. The number of morpholine rings is 1. The smallest absolute Gasteiger partial charge is 0.297 e. The van der Waals surface area contributed by atoms with Crippen molar-refractivity contribution in [1.29, 1.82) is 0 Å². The van der Waals surface area contributed by atoms with E-state index in [0.29, 0.717) is 56.0 Å². The second kappa shape index (κ2) is 26.5. The molecule has 0 aromatic heterocycles. The van der Waals surface area contributed by atoms with E-state index >= 15 is 0 Å². The Morgan fingerprint density at radius 2 is 1.37 bits per heavy atom. The van der Waals surface area contributed by atoms with E-state index in [1.54, 1.807) is 13.8 Å². The lowest BCUT2D eigenvalue weighted by Gasteiger charge is -2.30. The number of hydrogen-bond acceptors (Lipinski definition) is 12. The first-order valence-corrected chi connectivity index (χ1v) is 25.0. The summed E-state index contributed by atoms with van der Waals surface area (Å²) in [6.07, 6.45) is 6.40. The van der Waals surface area contributed by atoms with Crippen LogP contribution in [-0.4, -0.2) is 111 Å². The van der Waals surface area contributed by atoms with Crippen molar-refractivity contribution in [1.82, 2.24) is 15.5 Å². The van der Waals surface area contributed by atoms with Gasteiger partial charge in [-0.3, -0.25) is 33.1 Å². The molecular weight excluding hydrogens is 887 g/mol. The highest BCUT2D eigenvalue weighted by atomic mass is 32.2. The molecule has 0 aliphatic carbocycles. The van der Waals surface area contributed by atoms with Gasteiger partial charge in [0.25, 0.3) is 10.1 Å². The third kappa shape index (κ3) is 17.7. The minimum Gasteiger partial charge on any atom is -0.481 e. The van der Waals surface area contributed by atoms with Crippen molar-refractivity contribution in [2.75, 3.05) is 46.1 Å². The van der Waals surface area contributed by atoms with Gasteiger partial charge in [0.1, 0.15) is 35.2 Å². The number of amides is 2. The molecular formula is C53H71N3O11S. The molecule has 1 unspecified atom stereocenters. The summed E-state index contributed by atoms with van der Waals surface area (Å²) in [4.78, 5) is 72.7. The van der Waals surface area contributed by atoms with Crippen LogP contribution in [0.4, 0.5) is 0 Å². The van der Waals surface area contributed by atoms with Gasteiger partial charge >= 0.3 is 0 Å². The van der Waals surface area contributed by atoms with Gasteiger partial charge < -0.3 is 25.2 Å². The molecule has 1 fully saturated rings. The topological polar surface area (TPSA) is 195 Å². The van der Waals surface area contributed by atoms with Gasteiger partial charge in [0.2, 0.25) is 11.8 Å². The fourth-order valence-electron chi connectivity index (χ4n) is 8.44. The van der Waals surface area contributed by atoms with Crippen LogP contribution in [0, 0.1) is 49.9 Å². The summed E-state index contributed by atoms with van der Waals surface area (Å²) in [6, 6.07) is 19.5. The quantitative estimate of drug-likeness (QED) is 0.0590. The Kier molecular flexibility index (Phi) is 21.6. The van der Waals surface area contributed by atoms with E-state index in [1.807, 2.05) is 93.3 Å². The zero-order valence-electron chi connectivity index (χ0n) is 40.8. The van der Waals surface area contributed by atoms with Crippen LogP contribution in [-0.2, 0) is 55.9 Å². The lowest BCUT2D eigenvalue weighted by atomic mass is 9.86. The van der Waals surface area contributed by atoms with Gasteiger partial charge in [0, 0.05) is 37.8 Å². The molecule has 3 aromatic rings. The molecule has 14 nitrogen and oxygen atoms in total. The number of carbonyl (C=O) groups is 5. The van der Waals surface area contributed by atoms with Crippen LogP contribution in [0.3, 0.4) is 0 Å². The average Bonchev–Trinajstić information content (AvgIpc) is 3.28. The number of terminal acetylenes is 1. The fraction of sp³-hybridized carbons (Fsp3) is 0.528. The van der Waals surface area contributed by atoms with E-state index in [2.05, 4.69) is 16.6 Å². The molecule has 1 heterocycles. The summed E-state index contributed by atoms with van der Waals surface area (Å²) in [5, 5.41) is 17.4. The van der Waals surface area contributed by atoms with Gasteiger partial charge in [0.15, 0.2) is 11.6 Å². The van der Waals surface area contributed by atoms with E-state index in [0.717, 1.165) is 18.1 Å². The second-order valence-electron chi connectivity index (χ2n) is 19.0. The molecule has 1 aliphatic rings. The number of nitrogens with one attached hydrogen (secondary N) is 2. The summed E-state index contributed by atoms with van der Waals surface area (Å²) < 4.78 is 43.3. The Morgan fingerprint density at radius 3 is 1.94 bits per heavy atom. The minimum atomic E-state index is -4.50. The summed E-state index contributed by atoms with van der Waals surface area (Å²) in [5.74, 6) is -1.58. The molecule has 15 heteroatoms. The van der Waals surface area contributed by atoms with Crippen LogP contribution >= 0.6 is 0 Å².